The molecule has 1 aromatic rings. The first-order valence-electron chi connectivity index (χ1n) is 6.92. The first-order chi connectivity index (χ1) is 9.20. The van der Waals surface area contributed by atoms with Crippen LogP contribution >= 0.6 is 15.9 Å². The van der Waals surface area contributed by atoms with Crippen molar-refractivity contribution in [3.63, 3.8) is 0 Å². The van der Waals surface area contributed by atoms with Crippen molar-refractivity contribution in [2.45, 2.75) is 19.4 Å². The van der Waals surface area contributed by atoms with Crippen molar-refractivity contribution in [3.05, 3.63) is 28.2 Å². The van der Waals surface area contributed by atoms with Gasteiger partial charge in [0.05, 0.1) is 6.61 Å². The van der Waals surface area contributed by atoms with Gasteiger partial charge in [0.15, 0.2) is 0 Å². The molecule has 3 nitrogen and oxygen atoms in total. The van der Waals surface area contributed by atoms with E-state index < -0.39 is 0 Å². The molecule has 1 aromatic carbocycles. The predicted octanol–water partition coefficient (Wildman–Crippen LogP) is 3.03. The highest BCUT2D eigenvalue weighted by atomic mass is 79.9. The van der Waals surface area contributed by atoms with Crippen LogP contribution in [-0.2, 0) is 11.3 Å². The number of nitrogens with zero attached hydrogens (tertiary/aromatic N) is 1. The maximum Gasteiger partial charge on any atom is 0.0511 e. The Balaban J connectivity index is 1.98. The van der Waals surface area contributed by atoms with E-state index in [1.807, 2.05) is 7.05 Å². The second-order valence-corrected chi connectivity index (χ2v) is 6.12. The second kappa shape index (κ2) is 7.27. The molecule has 0 radical (unpaired) electrons. The van der Waals surface area contributed by atoms with E-state index in [0.717, 1.165) is 26.3 Å². The predicted molar refractivity (Wildman–Crippen MR) is 83.7 cm³/mol. The van der Waals surface area contributed by atoms with Gasteiger partial charge >= 0.3 is 0 Å². The Morgan fingerprint density at radius 3 is 2.95 bits per heavy atom. The van der Waals surface area contributed by atoms with Crippen molar-refractivity contribution in [2.24, 2.45) is 5.92 Å². The number of anilines is 1. The molecule has 1 fully saturated rings. The fraction of sp³-hybridized carbons (Fsp3) is 0.600. The van der Waals surface area contributed by atoms with Gasteiger partial charge in [-0.05, 0) is 43.5 Å². The summed E-state index contributed by atoms with van der Waals surface area (Å²) < 4.78 is 6.72. The van der Waals surface area contributed by atoms with Gasteiger partial charge in [0.2, 0.25) is 0 Å². The lowest BCUT2D eigenvalue weighted by molar-refractivity contribution is 0.0576. The Morgan fingerprint density at radius 2 is 2.32 bits per heavy atom. The molecule has 1 atom stereocenters. The molecule has 106 valence electrons. The number of nitrogens with one attached hydrogen (secondary N) is 1. The molecule has 19 heavy (non-hydrogen) atoms. The zero-order chi connectivity index (χ0) is 13.7. The minimum Gasteiger partial charge on any atom is -0.381 e. The lowest BCUT2D eigenvalue weighted by Crippen LogP contribution is -2.30. The van der Waals surface area contributed by atoms with E-state index >= 15 is 0 Å². The molecule has 0 aliphatic carbocycles. The highest BCUT2D eigenvalue weighted by molar-refractivity contribution is 9.10. The van der Waals surface area contributed by atoms with Crippen molar-refractivity contribution >= 4 is 21.6 Å². The van der Waals surface area contributed by atoms with Gasteiger partial charge in [-0.25, -0.2) is 0 Å². The van der Waals surface area contributed by atoms with Gasteiger partial charge in [-0.3, -0.25) is 0 Å². The van der Waals surface area contributed by atoms with Crippen LogP contribution in [0.25, 0.3) is 0 Å². The molecule has 0 amide bonds. The number of hydrogen-bond acceptors (Lipinski definition) is 3. The topological polar surface area (TPSA) is 24.5 Å². The quantitative estimate of drug-likeness (QED) is 0.900. The van der Waals surface area contributed by atoms with Crippen LogP contribution in [-0.4, -0.2) is 33.9 Å². The third-order valence-corrected chi connectivity index (χ3v) is 4.37. The van der Waals surface area contributed by atoms with Crippen molar-refractivity contribution in [1.29, 1.82) is 0 Å². The van der Waals surface area contributed by atoms with Crippen molar-refractivity contribution in [1.82, 2.24) is 5.32 Å². The molecule has 0 saturated carbocycles. The molecule has 0 bridgehead atoms. The minimum absolute atomic E-state index is 0.662. The Kier molecular flexibility index (Phi) is 5.67. The van der Waals surface area contributed by atoms with E-state index in [1.165, 1.54) is 28.6 Å². The fourth-order valence-electron chi connectivity index (χ4n) is 2.55. The molecular formula is C15H23BrN2O. The molecule has 4 heteroatoms. The van der Waals surface area contributed by atoms with Gasteiger partial charge in [0.25, 0.3) is 0 Å². The fourth-order valence-corrected chi connectivity index (χ4v) is 3.06. The normalized spacial score (nSPS) is 19.4. The summed E-state index contributed by atoms with van der Waals surface area (Å²) in [5.74, 6) is 0.662. The first-order valence-corrected chi connectivity index (χ1v) is 7.72. The largest absolute Gasteiger partial charge is 0.381 e. The highest BCUT2D eigenvalue weighted by Gasteiger charge is 2.16. The Hall–Kier alpha value is -0.580. The standard InChI is InChI=1S/C15H23BrN2O/c1-17-9-13-5-6-14(8-15(13)16)18(2)10-12-4-3-7-19-11-12/h5-6,8,12,17H,3-4,7,9-11H2,1-2H3. The lowest BCUT2D eigenvalue weighted by atomic mass is 10.0. The molecule has 1 heterocycles. The third-order valence-electron chi connectivity index (χ3n) is 3.63. The second-order valence-electron chi connectivity index (χ2n) is 5.27. The summed E-state index contributed by atoms with van der Waals surface area (Å²) in [6.45, 7) is 3.80. The van der Waals surface area contributed by atoms with Crippen LogP contribution in [0.2, 0.25) is 0 Å². The van der Waals surface area contributed by atoms with Crippen LogP contribution in [0.15, 0.2) is 22.7 Å². The summed E-state index contributed by atoms with van der Waals surface area (Å²) in [5.41, 5.74) is 2.55. The van der Waals surface area contributed by atoms with Crippen LogP contribution in [0.3, 0.4) is 0 Å². The van der Waals surface area contributed by atoms with Crippen LogP contribution < -0.4 is 10.2 Å². The summed E-state index contributed by atoms with van der Waals surface area (Å²) in [6, 6.07) is 6.58. The van der Waals surface area contributed by atoms with Crippen molar-refractivity contribution < 1.29 is 4.74 Å². The molecular weight excluding hydrogens is 304 g/mol. The van der Waals surface area contributed by atoms with Crippen molar-refractivity contribution in [2.75, 3.05) is 38.8 Å². The summed E-state index contributed by atoms with van der Waals surface area (Å²) in [5, 5.41) is 3.18. The molecule has 1 aliphatic rings. The minimum atomic E-state index is 0.662. The van der Waals surface area contributed by atoms with Gasteiger partial charge < -0.3 is 15.0 Å². The van der Waals surface area contributed by atoms with E-state index in [1.54, 1.807) is 0 Å². The SMILES string of the molecule is CNCc1ccc(N(C)CC2CCCOC2)cc1Br. The van der Waals surface area contributed by atoms with Crippen molar-refractivity contribution in [3.8, 4) is 0 Å². The van der Waals surface area contributed by atoms with Gasteiger partial charge in [-0.15, -0.1) is 0 Å². The zero-order valence-electron chi connectivity index (χ0n) is 11.8. The number of ether oxygens (including phenoxy) is 1. The molecule has 1 saturated heterocycles. The summed E-state index contributed by atoms with van der Waals surface area (Å²) in [4.78, 5) is 2.33. The van der Waals surface area contributed by atoms with E-state index in [2.05, 4.69) is 51.4 Å². The van der Waals surface area contributed by atoms with Gasteiger partial charge in [-0.2, -0.15) is 0 Å². The highest BCUT2D eigenvalue weighted by Crippen LogP contribution is 2.25. The molecule has 0 spiro atoms. The molecule has 1 aliphatic heterocycles. The zero-order valence-corrected chi connectivity index (χ0v) is 13.4. The maximum atomic E-state index is 5.55. The van der Waals surface area contributed by atoms with Crippen LogP contribution in [0.4, 0.5) is 5.69 Å². The van der Waals surface area contributed by atoms with E-state index in [-0.39, 0.29) is 0 Å². The first kappa shape index (κ1) is 14.8. The third kappa shape index (κ3) is 4.20. The van der Waals surface area contributed by atoms with E-state index in [0.29, 0.717) is 5.92 Å². The van der Waals surface area contributed by atoms with Crippen LogP contribution in [0.5, 0.6) is 0 Å². The Morgan fingerprint density at radius 1 is 1.47 bits per heavy atom. The summed E-state index contributed by atoms with van der Waals surface area (Å²) >= 11 is 3.65. The average molecular weight is 327 g/mol. The van der Waals surface area contributed by atoms with E-state index in [9.17, 15) is 0 Å². The van der Waals surface area contributed by atoms with Gasteiger partial charge in [-0.1, -0.05) is 22.0 Å². The number of benzene rings is 1. The van der Waals surface area contributed by atoms with Crippen LogP contribution in [0.1, 0.15) is 18.4 Å². The van der Waals surface area contributed by atoms with Crippen LogP contribution in [0, 0.1) is 5.92 Å². The molecule has 1 unspecified atom stereocenters. The summed E-state index contributed by atoms with van der Waals surface area (Å²) in [6.07, 6.45) is 2.48. The number of hydrogen-bond donors (Lipinski definition) is 1. The number of rotatable bonds is 5. The molecule has 1 N–H and O–H groups in total. The maximum absolute atomic E-state index is 5.55. The lowest BCUT2D eigenvalue weighted by Gasteiger charge is -2.28. The smallest absolute Gasteiger partial charge is 0.0511 e. The summed E-state index contributed by atoms with van der Waals surface area (Å²) in [7, 11) is 4.13. The Bertz CT molecular complexity index is 405. The average Bonchev–Trinajstić information content (AvgIpc) is 2.42. The van der Waals surface area contributed by atoms with E-state index in [4.69, 9.17) is 4.74 Å². The number of halogens is 1. The van der Waals surface area contributed by atoms with Gasteiger partial charge in [0.1, 0.15) is 0 Å². The monoisotopic (exact) mass is 326 g/mol. The van der Waals surface area contributed by atoms with Gasteiger partial charge in [0, 0.05) is 36.9 Å². The Labute approximate surface area is 124 Å². The molecule has 2 rings (SSSR count). The molecule has 0 aromatic heterocycles.